The third kappa shape index (κ3) is 2.59. The van der Waals surface area contributed by atoms with E-state index in [1.807, 2.05) is 0 Å². The first kappa shape index (κ1) is 15.8. The van der Waals surface area contributed by atoms with Crippen molar-refractivity contribution in [3.63, 3.8) is 0 Å². The van der Waals surface area contributed by atoms with Crippen LogP contribution >= 0.6 is 0 Å². The van der Waals surface area contributed by atoms with Gasteiger partial charge in [0.2, 0.25) is 0 Å². The van der Waals surface area contributed by atoms with E-state index >= 15 is 0 Å². The molecule has 6 heteroatoms. The van der Waals surface area contributed by atoms with Crippen molar-refractivity contribution in [1.29, 1.82) is 0 Å². The van der Waals surface area contributed by atoms with Crippen molar-refractivity contribution in [2.45, 2.75) is 20.8 Å². The molecule has 0 fully saturated rings. The maximum absolute atomic E-state index is 12.3. The topological polar surface area (TPSA) is 74.1 Å². The molecule has 2 aromatic rings. The van der Waals surface area contributed by atoms with Crippen LogP contribution in [-0.2, 0) is 9.47 Å². The Labute approximate surface area is 127 Å². The molecule has 0 N–H and O–H groups in total. The summed E-state index contributed by atoms with van der Waals surface area (Å²) in [7, 11) is 0. The first-order chi connectivity index (χ1) is 10.5. The van der Waals surface area contributed by atoms with Crippen LogP contribution in [0.3, 0.4) is 0 Å². The number of ether oxygens (including phenoxy) is 2. The summed E-state index contributed by atoms with van der Waals surface area (Å²) in [6.45, 7) is 4.98. The number of rotatable bonds is 5. The first-order valence-corrected chi connectivity index (χ1v) is 7.01. The number of hydrogen-bond acceptors (Lipinski definition) is 5. The molecule has 0 amide bonds. The Hall–Kier alpha value is -2.63. The monoisotopic (exact) mass is 303 g/mol. The predicted octanol–water partition coefficient (Wildman–Crippen LogP) is 2.50. The minimum Gasteiger partial charge on any atom is -0.462 e. The van der Waals surface area contributed by atoms with Crippen LogP contribution in [0, 0.1) is 0 Å². The Bertz CT molecular complexity index is 744. The molecule has 2 aromatic heterocycles. The average molecular weight is 303 g/mol. The van der Waals surface area contributed by atoms with E-state index in [4.69, 9.17) is 9.47 Å². The van der Waals surface area contributed by atoms with Gasteiger partial charge >= 0.3 is 11.9 Å². The Balaban J connectivity index is 2.84. The molecule has 0 unspecified atom stereocenters. The number of esters is 2. The Kier molecular flexibility index (Phi) is 4.60. The van der Waals surface area contributed by atoms with Crippen molar-refractivity contribution in [2.75, 3.05) is 13.2 Å². The molecule has 0 atom stereocenters. The van der Waals surface area contributed by atoms with E-state index in [-0.39, 0.29) is 35.8 Å². The second-order valence-corrected chi connectivity index (χ2v) is 4.55. The predicted molar refractivity (Wildman–Crippen MR) is 79.3 cm³/mol. The zero-order valence-electron chi connectivity index (χ0n) is 12.7. The number of nitrogens with zero attached hydrogens (tertiary/aromatic N) is 1. The molecule has 0 saturated heterocycles. The zero-order chi connectivity index (χ0) is 16.3. The van der Waals surface area contributed by atoms with Crippen LogP contribution in [-0.4, -0.2) is 35.3 Å². The minimum absolute atomic E-state index is 0.0149. The minimum atomic E-state index is -0.709. The molecule has 0 aliphatic rings. The second kappa shape index (κ2) is 6.43. The van der Waals surface area contributed by atoms with Crippen LogP contribution in [0.2, 0.25) is 0 Å². The van der Waals surface area contributed by atoms with Gasteiger partial charge in [0, 0.05) is 6.20 Å². The van der Waals surface area contributed by atoms with Gasteiger partial charge in [0.1, 0.15) is 11.3 Å². The lowest BCUT2D eigenvalue weighted by Crippen LogP contribution is -2.16. The molecule has 0 spiro atoms. The molecule has 0 bridgehead atoms. The van der Waals surface area contributed by atoms with Crippen molar-refractivity contribution >= 4 is 23.2 Å². The molecule has 116 valence electrons. The smallest absolute Gasteiger partial charge is 0.356 e. The zero-order valence-corrected chi connectivity index (χ0v) is 12.7. The van der Waals surface area contributed by atoms with Gasteiger partial charge in [-0.3, -0.25) is 4.79 Å². The lowest BCUT2D eigenvalue weighted by atomic mass is 10.1. The standard InChI is InChI=1S/C16H17NO5/c1-4-21-15(19)13-12(10(3)18)11-8-6-7-9-17(11)14(13)16(20)22-5-2/h6-9H,4-5H2,1-3H3. The number of ketones is 1. The lowest BCUT2D eigenvalue weighted by Gasteiger charge is -2.06. The summed E-state index contributed by atoms with van der Waals surface area (Å²) >= 11 is 0. The van der Waals surface area contributed by atoms with E-state index < -0.39 is 11.9 Å². The first-order valence-electron chi connectivity index (χ1n) is 7.01. The van der Waals surface area contributed by atoms with Gasteiger partial charge in [0.25, 0.3) is 0 Å². The van der Waals surface area contributed by atoms with Gasteiger partial charge in [-0.05, 0) is 32.9 Å². The molecule has 22 heavy (non-hydrogen) atoms. The molecule has 0 aromatic carbocycles. The van der Waals surface area contributed by atoms with Crippen molar-refractivity contribution in [3.8, 4) is 0 Å². The molecule has 0 aliphatic heterocycles. The van der Waals surface area contributed by atoms with Crippen LogP contribution < -0.4 is 0 Å². The highest BCUT2D eigenvalue weighted by Gasteiger charge is 2.31. The van der Waals surface area contributed by atoms with Gasteiger partial charge in [0.15, 0.2) is 5.78 Å². The quantitative estimate of drug-likeness (QED) is 0.626. The highest BCUT2D eigenvalue weighted by molar-refractivity contribution is 6.16. The Morgan fingerprint density at radius 3 is 2.23 bits per heavy atom. The highest BCUT2D eigenvalue weighted by Crippen LogP contribution is 2.26. The van der Waals surface area contributed by atoms with E-state index in [1.165, 1.54) is 11.3 Å². The van der Waals surface area contributed by atoms with Gasteiger partial charge in [-0.15, -0.1) is 0 Å². The SMILES string of the molecule is CCOC(=O)c1c(C(C)=O)c2ccccn2c1C(=O)OCC. The maximum atomic E-state index is 12.3. The van der Waals surface area contributed by atoms with E-state index in [0.717, 1.165) is 0 Å². The number of fused-ring (bicyclic) bond motifs is 1. The summed E-state index contributed by atoms with van der Waals surface area (Å²) in [6.07, 6.45) is 1.61. The number of carbonyl (C=O) groups is 3. The molecule has 0 saturated carbocycles. The number of pyridine rings is 1. The summed E-state index contributed by atoms with van der Waals surface area (Å²) in [5, 5.41) is 0. The molecule has 2 rings (SSSR count). The molecular weight excluding hydrogens is 286 g/mol. The van der Waals surface area contributed by atoms with Crippen molar-refractivity contribution in [2.24, 2.45) is 0 Å². The summed E-state index contributed by atoms with van der Waals surface area (Å²) in [5.41, 5.74) is 0.614. The maximum Gasteiger partial charge on any atom is 0.356 e. The van der Waals surface area contributed by atoms with E-state index in [9.17, 15) is 14.4 Å². The summed E-state index contributed by atoms with van der Waals surface area (Å²) in [5.74, 6) is -1.69. The molecule has 2 heterocycles. The van der Waals surface area contributed by atoms with Gasteiger partial charge in [-0.2, -0.15) is 0 Å². The number of hydrogen-bond donors (Lipinski definition) is 0. The highest BCUT2D eigenvalue weighted by atomic mass is 16.5. The Morgan fingerprint density at radius 2 is 1.64 bits per heavy atom. The summed E-state index contributed by atoms with van der Waals surface area (Å²) in [6, 6.07) is 5.10. The van der Waals surface area contributed by atoms with E-state index in [2.05, 4.69) is 0 Å². The van der Waals surface area contributed by atoms with Crippen LogP contribution in [0.15, 0.2) is 24.4 Å². The van der Waals surface area contributed by atoms with Crippen LogP contribution in [0.1, 0.15) is 52.0 Å². The fourth-order valence-electron chi connectivity index (χ4n) is 2.37. The fraction of sp³-hybridized carbons (Fsp3) is 0.312. The van der Waals surface area contributed by atoms with Crippen molar-refractivity contribution in [3.05, 3.63) is 41.2 Å². The molecule has 0 radical (unpaired) electrons. The third-order valence-electron chi connectivity index (χ3n) is 3.14. The molecular formula is C16H17NO5. The van der Waals surface area contributed by atoms with Gasteiger partial charge in [-0.1, -0.05) is 6.07 Å². The average Bonchev–Trinajstić information content (AvgIpc) is 2.83. The van der Waals surface area contributed by atoms with Crippen LogP contribution in [0.25, 0.3) is 5.52 Å². The van der Waals surface area contributed by atoms with Crippen LogP contribution in [0.4, 0.5) is 0 Å². The van der Waals surface area contributed by atoms with Gasteiger partial charge < -0.3 is 13.9 Å². The summed E-state index contributed by atoms with van der Waals surface area (Å²) < 4.78 is 11.5. The second-order valence-electron chi connectivity index (χ2n) is 4.55. The Morgan fingerprint density at radius 1 is 1.00 bits per heavy atom. The molecule has 0 aliphatic carbocycles. The lowest BCUT2D eigenvalue weighted by molar-refractivity contribution is 0.0473. The van der Waals surface area contributed by atoms with Crippen molar-refractivity contribution < 1.29 is 23.9 Å². The van der Waals surface area contributed by atoms with E-state index in [0.29, 0.717) is 5.52 Å². The van der Waals surface area contributed by atoms with Gasteiger partial charge in [0.05, 0.1) is 24.3 Å². The van der Waals surface area contributed by atoms with Crippen molar-refractivity contribution in [1.82, 2.24) is 4.40 Å². The third-order valence-corrected chi connectivity index (χ3v) is 3.14. The number of carbonyl (C=O) groups excluding carboxylic acids is 3. The normalized spacial score (nSPS) is 10.5. The molecule has 6 nitrogen and oxygen atoms in total. The fourth-order valence-corrected chi connectivity index (χ4v) is 2.37. The van der Waals surface area contributed by atoms with Crippen LogP contribution in [0.5, 0.6) is 0 Å². The van der Waals surface area contributed by atoms with Gasteiger partial charge in [-0.25, -0.2) is 9.59 Å². The van der Waals surface area contributed by atoms with E-state index in [1.54, 1.807) is 38.2 Å². The summed E-state index contributed by atoms with van der Waals surface area (Å²) in [4.78, 5) is 36.5. The number of Topliss-reactive ketones (excluding diaryl/α,β-unsaturated/α-hetero) is 1. The largest absolute Gasteiger partial charge is 0.462 e. The number of aromatic nitrogens is 1.